The van der Waals surface area contributed by atoms with Crippen LogP contribution in [0.4, 0.5) is 13.2 Å². The summed E-state index contributed by atoms with van der Waals surface area (Å²) in [5, 5.41) is 19.3. The molecule has 3 fully saturated rings. The van der Waals surface area contributed by atoms with Gasteiger partial charge in [-0.15, -0.1) is 0 Å². The Kier molecular flexibility index (Phi) is 6.81. The van der Waals surface area contributed by atoms with Gasteiger partial charge in [-0.05, 0) is 68.9 Å². The quantitative estimate of drug-likeness (QED) is 0.197. The zero-order valence-corrected chi connectivity index (χ0v) is 26.5. The summed E-state index contributed by atoms with van der Waals surface area (Å²) in [5.74, 6) is -4.77. The van der Waals surface area contributed by atoms with Crippen LogP contribution in [-0.2, 0) is 21.6 Å². The summed E-state index contributed by atoms with van der Waals surface area (Å²) in [7, 11) is 0. The Morgan fingerprint density at radius 2 is 1.96 bits per heavy atom. The Hall–Kier alpha value is -4.36. The lowest BCUT2D eigenvalue weighted by molar-refractivity contribution is -0.123. The molecule has 250 valence electrons. The highest BCUT2D eigenvalue weighted by Gasteiger charge is 2.50. The fourth-order valence-corrected chi connectivity index (χ4v) is 6.41. The van der Waals surface area contributed by atoms with Crippen molar-refractivity contribution in [2.75, 3.05) is 13.2 Å². The maximum Gasteiger partial charge on any atom is 0.251 e. The van der Waals surface area contributed by atoms with E-state index in [1.54, 1.807) is 25.3 Å². The third-order valence-electron chi connectivity index (χ3n) is 9.85. The van der Waals surface area contributed by atoms with E-state index in [-0.39, 0.29) is 59.0 Å². The average molecular weight is 682 g/mol. The molecule has 4 aliphatic rings. The number of rotatable bonds is 10. The summed E-state index contributed by atoms with van der Waals surface area (Å²) >= 11 is 5.91. The summed E-state index contributed by atoms with van der Waals surface area (Å²) in [6, 6.07) is 6.79. The molecular formula is C34H31ClF3N5O5. The number of alkyl halides is 1. The molecular weight excluding hydrogens is 651 g/mol. The van der Waals surface area contributed by atoms with Crippen molar-refractivity contribution in [3.8, 4) is 22.8 Å². The van der Waals surface area contributed by atoms with Gasteiger partial charge >= 0.3 is 0 Å². The maximum atomic E-state index is 15.4. The van der Waals surface area contributed by atoms with Gasteiger partial charge in [0.2, 0.25) is 11.7 Å². The van der Waals surface area contributed by atoms with Crippen LogP contribution in [0.15, 0.2) is 36.5 Å². The number of fused-ring (bicyclic) bond motifs is 2. The van der Waals surface area contributed by atoms with Crippen molar-refractivity contribution in [2.24, 2.45) is 11.7 Å². The molecule has 2 aromatic carbocycles. The van der Waals surface area contributed by atoms with Crippen molar-refractivity contribution >= 4 is 34.3 Å². The number of pyridine rings is 1. The predicted octanol–water partition coefficient (Wildman–Crippen LogP) is 5.15. The second-order valence-corrected chi connectivity index (χ2v) is 13.9. The molecule has 0 spiro atoms. The molecule has 3 heterocycles. The molecule has 10 nitrogen and oxygen atoms in total. The van der Waals surface area contributed by atoms with Gasteiger partial charge in [0, 0.05) is 41.1 Å². The maximum absolute atomic E-state index is 15.4. The van der Waals surface area contributed by atoms with Crippen LogP contribution in [-0.4, -0.2) is 50.9 Å². The first-order chi connectivity index (χ1) is 22.8. The number of aromatic nitrogens is 3. The number of halogens is 4. The number of primary amides is 1. The lowest BCUT2D eigenvalue weighted by atomic mass is 9.81. The van der Waals surface area contributed by atoms with Gasteiger partial charge in [-0.1, -0.05) is 11.6 Å². The molecule has 0 bridgehead atoms. The van der Waals surface area contributed by atoms with Crippen molar-refractivity contribution in [2.45, 2.75) is 68.4 Å². The highest BCUT2D eigenvalue weighted by molar-refractivity contribution is 6.31. The SMILES string of the molecule is C[C@]1(C(N)=O)COc2c1cc([C@@](O)(CNC(=O)c1cc(OC3CC3)c3nn(C4(F)CC4)cc3c1)C1CC1)nc2-c1ccc(F)c(Cl)c1F. The number of nitrogens with two attached hydrogens (primary N) is 1. The van der Waals surface area contributed by atoms with Crippen molar-refractivity contribution in [1.82, 2.24) is 20.1 Å². The van der Waals surface area contributed by atoms with E-state index in [2.05, 4.69) is 15.4 Å². The van der Waals surface area contributed by atoms with Crippen molar-refractivity contribution in [3.63, 3.8) is 0 Å². The molecule has 4 aromatic rings. The molecule has 3 aliphatic carbocycles. The molecule has 1 aliphatic heterocycles. The summed E-state index contributed by atoms with van der Waals surface area (Å²) in [6.45, 7) is 1.10. The van der Waals surface area contributed by atoms with Crippen LogP contribution >= 0.6 is 11.6 Å². The number of amides is 2. The Labute approximate surface area is 277 Å². The van der Waals surface area contributed by atoms with Gasteiger partial charge in [0.15, 0.2) is 5.82 Å². The standard InChI is InChI=1S/C34H31ClF3N5O5/c1-32(31(39)45)15-47-29-21(32)12-24(41-28(29)20-6-7-22(36)25(35)26(20)37)34(46,18-2-3-18)14-40-30(44)16-10-17-13-43(33(38)8-9-33)42-27(17)23(11-16)48-19-4-5-19/h6-7,10-13,18-19,46H,2-5,8-9,14-15H2,1H3,(H2,39,45)(H,40,44)/t32-,34+/m0/s1. The minimum absolute atomic E-state index is 0.00662. The molecule has 2 amide bonds. The van der Waals surface area contributed by atoms with Crippen LogP contribution in [0.25, 0.3) is 22.2 Å². The number of hydrogen-bond acceptors (Lipinski definition) is 7. The first kappa shape index (κ1) is 30.9. The van der Waals surface area contributed by atoms with E-state index in [1.165, 1.54) is 10.7 Å². The minimum atomic E-state index is -1.77. The number of carbonyl (C=O) groups is 2. The first-order valence-corrected chi connectivity index (χ1v) is 16.2. The Bertz CT molecular complexity index is 2050. The Morgan fingerprint density at radius 3 is 2.62 bits per heavy atom. The van der Waals surface area contributed by atoms with Gasteiger partial charge in [-0.3, -0.25) is 9.59 Å². The summed E-state index contributed by atoms with van der Waals surface area (Å²) in [6.07, 6.45) is 5.22. The van der Waals surface area contributed by atoms with Crippen LogP contribution in [0.5, 0.6) is 11.5 Å². The summed E-state index contributed by atoms with van der Waals surface area (Å²) in [5.41, 5.74) is 3.35. The molecule has 4 N–H and O–H groups in total. The van der Waals surface area contributed by atoms with Crippen LogP contribution < -0.4 is 20.5 Å². The number of nitrogens with zero attached hydrogens (tertiary/aromatic N) is 3. The molecule has 3 saturated carbocycles. The van der Waals surface area contributed by atoms with Gasteiger partial charge in [0.05, 0.1) is 18.3 Å². The Balaban J connectivity index is 1.17. The van der Waals surface area contributed by atoms with E-state index in [9.17, 15) is 23.5 Å². The lowest BCUT2D eigenvalue weighted by Gasteiger charge is -2.30. The number of hydrogen-bond donors (Lipinski definition) is 3. The highest BCUT2D eigenvalue weighted by Crippen LogP contribution is 2.51. The van der Waals surface area contributed by atoms with Crippen LogP contribution in [0.2, 0.25) is 5.02 Å². The monoisotopic (exact) mass is 681 g/mol. The van der Waals surface area contributed by atoms with Gasteiger partial charge in [0.1, 0.15) is 51.2 Å². The van der Waals surface area contributed by atoms with Gasteiger partial charge in [0.25, 0.3) is 5.91 Å². The van der Waals surface area contributed by atoms with Crippen LogP contribution in [0.3, 0.4) is 0 Å². The zero-order valence-electron chi connectivity index (χ0n) is 25.8. The molecule has 2 aromatic heterocycles. The van der Waals surface area contributed by atoms with Crippen molar-refractivity contribution < 1.29 is 37.3 Å². The van der Waals surface area contributed by atoms with E-state index in [0.717, 1.165) is 25.0 Å². The minimum Gasteiger partial charge on any atom is -0.489 e. The number of nitrogens with one attached hydrogen (secondary N) is 1. The predicted molar refractivity (Wildman–Crippen MR) is 167 cm³/mol. The molecule has 48 heavy (non-hydrogen) atoms. The molecule has 0 radical (unpaired) electrons. The smallest absolute Gasteiger partial charge is 0.251 e. The number of ether oxygens (including phenoxy) is 2. The van der Waals surface area contributed by atoms with E-state index in [0.29, 0.717) is 42.3 Å². The van der Waals surface area contributed by atoms with E-state index >= 15 is 4.39 Å². The third kappa shape index (κ3) is 4.97. The van der Waals surface area contributed by atoms with Crippen molar-refractivity contribution in [1.29, 1.82) is 0 Å². The number of benzene rings is 2. The normalized spacial score (nSPS) is 22.1. The molecule has 2 atom stereocenters. The Morgan fingerprint density at radius 1 is 1.21 bits per heavy atom. The number of carbonyl (C=O) groups excluding carboxylic acids is 2. The van der Waals surface area contributed by atoms with E-state index in [1.807, 2.05) is 0 Å². The summed E-state index contributed by atoms with van der Waals surface area (Å²) in [4.78, 5) is 30.9. The van der Waals surface area contributed by atoms with Crippen LogP contribution in [0, 0.1) is 17.6 Å². The number of aliphatic hydroxyl groups is 1. The van der Waals surface area contributed by atoms with Gasteiger partial charge in [-0.2, -0.15) is 5.10 Å². The van der Waals surface area contributed by atoms with E-state index < -0.39 is 45.3 Å². The molecule has 0 saturated heterocycles. The molecule has 8 rings (SSSR count). The largest absolute Gasteiger partial charge is 0.489 e. The van der Waals surface area contributed by atoms with Crippen LogP contribution in [0.1, 0.15) is 67.1 Å². The fourth-order valence-electron chi connectivity index (χ4n) is 6.25. The van der Waals surface area contributed by atoms with E-state index in [4.69, 9.17) is 26.8 Å². The lowest BCUT2D eigenvalue weighted by Crippen LogP contribution is -2.44. The summed E-state index contributed by atoms with van der Waals surface area (Å²) < 4.78 is 57.5. The van der Waals surface area contributed by atoms with Gasteiger partial charge < -0.3 is 25.6 Å². The average Bonchev–Trinajstić information content (AvgIpc) is 4.00. The molecule has 0 unspecified atom stereocenters. The topological polar surface area (TPSA) is 142 Å². The van der Waals surface area contributed by atoms with Gasteiger partial charge in [-0.25, -0.2) is 22.8 Å². The molecule has 14 heteroatoms. The fraction of sp³-hybridized carbons (Fsp3) is 0.412. The second kappa shape index (κ2) is 10.6. The third-order valence-corrected chi connectivity index (χ3v) is 10.2. The highest BCUT2D eigenvalue weighted by atomic mass is 35.5. The zero-order chi connectivity index (χ0) is 33.7. The first-order valence-electron chi connectivity index (χ1n) is 15.8. The van der Waals surface area contributed by atoms with Crippen molar-refractivity contribution in [3.05, 3.63) is 70.0 Å². The second-order valence-electron chi connectivity index (χ2n) is 13.5.